The minimum atomic E-state index is -9.60. The summed E-state index contributed by atoms with van der Waals surface area (Å²) in [5.74, 6) is 0.638. The van der Waals surface area contributed by atoms with Crippen LogP contribution >= 0.6 is 21.6 Å². The minimum absolute atomic E-state index is 0.372. The van der Waals surface area contributed by atoms with Crippen LogP contribution in [0.2, 0.25) is 0 Å². The molecule has 2 aromatic heterocycles. The van der Waals surface area contributed by atoms with Gasteiger partial charge in [0.2, 0.25) is 0 Å². The maximum atomic E-state index is 12.6. The van der Waals surface area contributed by atoms with Crippen LogP contribution in [0.1, 0.15) is 5.56 Å². The summed E-state index contributed by atoms with van der Waals surface area (Å²) < 4.78 is 64.1. The number of nitrogens with zero attached hydrogens (tertiary/aromatic N) is 2. The molecule has 1 aromatic carbocycles. The molecule has 1 N–H and O–H groups in total. The number of halogens is 5. The molecule has 24 heavy (non-hydrogen) atoms. The first-order valence-electron chi connectivity index (χ1n) is 6.78. The first kappa shape index (κ1) is 16.9. The van der Waals surface area contributed by atoms with Gasteiger partial charge in [-0.05, 0) is 35.6 Å². The molecular weight excluding hydrogens is 369 g/mol. The van der Waals surface area contributed by atoms with E-state index in [1.165, 1.54) is 17.7 Å². The number of aromatic nitrogens is 2. The fourth-order valence-electron chi connectivity index (χ4n) is 2.15. The highest BCUT2D eigenvalue weighted by Gasteiger charge is 2.65. The van der Waals surface area contributed by atoms with E-state index in [1.807, 2.05) is 11.4 Å². The third-order valence-electron chi connectivity index (χ3n) is 3.32. The van der Waals surface area contributed by atoms with Gasteiger partial charge < -0.3 is 5.32 Å². The molecule has 0 fully saturated rings. The van der Waals surface area contributed by atoms with Crippen LogP contribution in [0.5, 0.6) is 0 Å². The van der Waals surface area contributed by atoms with Crippen molar-refractivity contribution in [3.63, 3.8) is 0 Å². The Morgan fingerprint density at radius 1 is 0.958 bits per heavy atom. The number of hydrogen-bond donors (Lipinski definition) is 1. The van der Waals surface area contributed by atoms with Gasteiger partial charge in [-0.25, -0.2) is 9.97 Å². The van der Waals surface area contributed by atoms with Crippen LogP contribution in [0.15, 0.2) is 46.9 Å². The van der Waals surface area contributed by atoms with Crippen molar-refractivity contribution in [2.75, 3.05) is 11.9 Å². The number of nitrogens with one attached hydrogen (secondary N) is 1. The third kappa shape index (κ3) is 3.75. The Labute approximate surface area is 138 Å². The highest BCUT2D eigenvalue weighted by molar-refractivity contribution is 8.45. The molecule has 0 unspecified atom stereocenters. The zero-order valence-corrected chi connectivity index (χ0v) is 13.7. The van der Waals surface area contributed by atoms with E-state index in [-0.39, 0.29) is 0 Å². The number of rotatable bonds is 5. The van der Waals surface area contributed by atoms with E-state index in [1.54, 1.807) is 0 Å². The molecule has 0 saturated carbocycles. The number of thiophene rings is 1. The van der Waals surface area contributed by atoms with E-state index < -0.39 is 15.1 Å². The summed E-state index contributed by atoms with van der Waals surface area (Å²) in [6, 6.07) is 4.84. The van der Waals surface area contributed by atoms with Crippen molar-refractivity contribution >= 4 is 37.6 Å². The quantitative estimate of drug-likeness (QED) is 0.551. The van der Waals surface area contributed by atoms with Crippen molar-refractivity contribution in [3.8, 4) is 0 Å². The van der Waals surface area contributed by atoms with E-state index in [2.05, 4.69) is 15.3 Å². The predicted molar refractivity (Wildman–Crippen MR) is 87.4 cm³/mol. The Hall–Kier alpha value is -1.94. The van der Waals surface area contributed by atoms with Crippen molar-refractivity contribution < 1.29 is 19.4 Å². The number of fused-ring (bicyclic) bond motifs is 1. The maximum Gasteiger partial charge on any atom is 0.310 e. The molecule has 10 heteroatoms. The molecule has 0 aliphatic rings. The van der Waals surface area contributed by atoms with Crippen molar-refractivity contribution in [1.29, 1.82) is 0 Å². The monoisotopic (exact) mass is 381 g/mol. The van der Waals surface area contributed by atoms with Gasteiger partial charge in [0, 0.05) is 6.54 Å². The zero-order valence-electron chi connectivity index (χ0n) is 12.1. The summed E-state index contributed by atoms with van der Waals surface area (Å²) in [4.78, 5) is 6.35. The van der Waals surface area contributed by atoms with E-state index in [4.69, 9.17) is 0 Å². The fraction of sp³-hybridized carbons (Fsp3) is 0.143. The Kier molecular flexibility index (Phi) is 3.54. The lowest BCUT2D eigenvalue weighted by atomic mass is 10.1. The number of anilines is 1. The van der Waals surface area contributed by atoms with Gasteiger partial charge in [-0.15, -0.1) is 11.3 Å². The molecule has 0 atom stereocenters. The fourth-order valence-corrected chi connectivity index (χ4v) is 3.61. The van der Waals surface area contributed by atoms with Crippen LogP contribution in [-0.4, -0.2) is 16.5 Å². The van der Waals surface area contributed by atoms with Crippen LogP contribution in [0, 0.1) is 0 Å². The maximum absolute atomic E-state index is 12.6. The highest BCUT2D eigenvalue weighted by atomic mass is 32.5. The molecule has 0 saturated heterocycles. The second-order valence-corrected chi connectivity index (χ2v) is 8.47. The zero-order chi connectivity index (χ0) is 17.5. The molecule has 0 aliphatic heterocycles. The Bertz CT molecular complexity index is 875. The van der Waals surface area contributed by atoms with Crippen molar-refractivity contribution in [2.45, 2.75) is 11.3 Å². The van der Waals surface area contributed by atoms with Crippen molar-refractivity contribution in [2.24, 2.45) is 0 Å². The third-order valence-corrected chi connectivity index (χ3v) is 5.39. The molecule has 0 spiro atoms. The van der Waals surface area contributed by atoms with Gasteiger partial charge >= 0.3 is 10.2 Å². The minimum Gasteiger partial charge on any atom is -0.368 e. The first-order valence-corrected chi connectivity index (χ1v) is 9.61. The largest absolute Gasteiger partial charge is 0.368 e. The molecule has 3 nitrogen and oxygen atoms in total. The molecule has 130 valence electrons. The van der Waals surface area contributed by atoms with Gasteiger partial charge in [0.25, 0.3) is 0 Å². The van der Waals surface area contributed by atoms with Crippen molar-refractivity contribution in [3.05, 3.63) is 47.6 Å². The summed E-state index contributed by atoms with van der Waals surface area (Å²) in [7, 11) is -9.60. The van der Waals surface area contributed by atoms with Gasteiger partial charge in [0.05, 0.1) is 10.2 Å². The molecular formula is C14H12F5N3S2. The Morgan fingerprint density at radius 3 is 2.33 bits per heavy atom. The Morgan fingerprint density at radius 2 is 1.67 bits per heavy atom. The van der Waals surface area contributed by atoms with Gasteiger partial charge in [-0.1, -0.05) is 31.6 Å². The number of hydrogen-bond acceptors (Lipinski definition) is 4. The van der Waals surface area contributed by atoms with Crippen LogP contribution in [0.25, 0.3) is 10.2 Å². The lowest BCUT2D eigenvalue weighted by Gasteiger charge is -2.40. The van der Waals surface area contributed by atoms with Crippen LogP contribution < -0.4 is 5.32 Å². The first-order chi connectivity index (χ1) is 11.0. The van der Waals surface area contributed by atoms with E-state index in [0.717, 1.165) is 22.3 Å². The van der Waals surface area contributed by atoms with E-state index in [0.29, 0.717) is 36.5 Å². The standard InChI is InChI=1S/C14H12F5N3S2/c15-24(16,17,18,19)11-3-1-10(2-4-11)5-7-20-14-13-12(6-8-23-13)21-9-22-14/h1-4,6,8-9H,5,7H2,(H,20,21,22). The van der Waals surface area contributed by atoms with E-state index in [9.17, 15) is 19.4 Å². The van der Waals surface area contributed by atoms with E-state index >= 15 is 0 Å². The molecule has 3 rings (SSSR count). The van der Waals surface area contributed by atoms with Gasteiger partial charge in [-0.2, -0.15) is 0 Å². The normalized spacial score (nSPS) is 15.0. The molecule has 0 bridgehead atoms. The summed E-state index contributed by atoms with van der Waals surface area (Å²) in [6.07, 6.45) is 1.79. The average Bonchev–Trinajstić information content (AvgIpc) is 2.95. The lowest BCUT2D eigenvalue weighted by molar-refractivity contribution is 0.364. The van der Waals surface area contributed by atoms with Gasteiger partial charge in [0.1, 0.15) is 17.0 Å². The Balaban J connectivity index is 1.67. The second kappa shape index (κ2) is 5.03. The van der Waals surface area contributed by atoms with Gasteiger partial charge in [0.15, 0.2) is 0 Å². The lowest BCUT2D eigenvalue weighted by Crippen LogP contribution is -2.08. The van der Waals surface area contributed by atoms with Crippen molar-refractivity contribution in [1.82, 2.24) is 9.97 Å². The number of benzene rings is 1. The van der Waals surface area contributed by atoms with Crippen LogP contribution in [0.3, 0.4) is 0 Å². The molecule has 0 amide bonds. The predicted octanol–water partition coefficient (Wildman–Crippen LogP) is 6.00. The molecule has 3 aromatic rings. The second-order valence-electron chi connectivity index (χ2n) is 5.15. The SMILES string of the molecule is FS(F)(F)(F)(F)c1ccc(CCNc2ncnc3ccsc23)cc1. The highest BCUT2D eigenvalue weighted by Crippen LogP contribution is 3.02. The average molecular weight is 381 g/mol. The summed E-state index contributed by atoms with van der Waals surface area (Å²) in [6.45, 7) is 0.403. The molecule has 2 heterocycles. The van der Waals surface area contributed by atoms with Crippen LogP contribution in [-0.2, 0) is 6.42 Å². The molecule has 0 radical (unpaired) electrons. The summed E-state index contributed by atoms with van der Waals surface area (Å²) in [5.41, 5.74) is 1.32. The topological polar surface area (TPSA) is 37.8 Å². The summed E-state index contributed by atoms with van der Waals surface area (Å²) in [5, 5.41) is 4.96. The van der Waals surface area contributed by atoms with Gasteiger partial charge in [-0.3, -0.25) is 0 Å². The smallest absolute Gasteiger partial charge is 0.310 e. The summed E-state index contributed by atoms with van der Waals surface area (Å²) >= 11 is 1.47. The molecule has 0 aliphatic carbocycles. The van der Waals surface area contributed by atoms with Crippen LogP contribution in [0.4, 0.5) is 25.2 Å².